The van der Waals surface area contributed by atoms with Crippen LogP contribution in [0.2, 0.25) is 0 Å². The van der Waals surface area contributed by atoms with Crippen molar-refractivity contribution in [2.24, 2.45) is 5.73 Å². The zero-order valence-corrected chi connectivity index (χ0v) is 19.6. The number of imidazole rings is 1. The molecule has 4 aromatic rings. The van der Waals surface area contributed by atoms with Gasteiger partial charge in [0, 0.05) is 25.7 Å². The van der Waals surface area contributed by atoms with Gasteiger partial charge in [0.25, 0.3) is 5.56 Å². The molecule has 178 valence electrons. The van der Waals surface area contributed by atoms with E-state index in [2.05, 4.69) is 16.1 Å². The Hall–Kier alpha value is -4.09. The third-order valence-electron chi connectivity index (χ3n) is 6.31. The zero-order valence-electron chi connectivity index (χ0n) is 19.6. The number of anilines is 2. The summed E-state index contributed by atoms with van der Waals surface area (Å²) >= 11 is 0. The molecule has 1 unspecified atom stereocenters. The maximum absolute atomic E-state index is 13.8. The molecule has 0 spiro atoms. The van der Waals surface area contributed by atoms with Gasteiger partial charge in [0.15, 0.2) is 11.2 Å². The molecule has 5 rings (SSSR count). The lowest BCUT2D eigenvalue weighted by Crippen LogP contribution is -2.44. The molecule has 1 saturated heterocycles. The summed E-state index contributed by atoms with van der Waals surface area (Å²) in [6.07, 6.45) is 7.60. The molecule has 1 aliphatic rings. The van der Waals surface area contributed by atoms with Crippen LogP contribution in [0.4, 0.5) is 11.9 Å². The predicted molar refractivity (Wildman–Crippen MR) is 139 cm³/mol. The number of nitrogens with two attached hydrogens (primary N) is 1. The minimum Gasteiger partial charge on any atom is -0.351 e. The van der Waals surface area contributed by atoms with Crippen LogP contribution < -0.4 is 21.5 Å². The highest BCUT2D eigenvalue weighted by Gasteiger charge is 2.26. The van der Waals surface area contributed by atoms with E-state index in [0.717, 1.165) is 36.5 Å². The van der Waals surface area contributed by atoms with Crippen molar-refractivity contribution in [3.05, 3.63) is 82.1 Å². The number of fused-ring (bicyclic) bond motifs is 1. The maximum atomic E-state index is 13.8. The largest absolute Gasteiger partial charge is 0.351 e. The Balaban J connectivity index is 1.63. The molecule has 1 atom stereocenters. The quantitative estimate of drug-likeness (QED) is 0.406. The third-order valence-corrected chi connectivity index (χ3v) is 6.31. The van der Waals surface area contributed by atoms with Gasteiger partial charge in [-0.25, -0.2) is 0 Å². The molecule has 2 aromatic heterocycles. The first kappa shape index (κ1) is 22.7. The number of hydrogen-bond acceptors (Lipinski definition) is 6. The van der Waals surface area contributed by atoms with Crippen LogP contribution in [0.3, 0.4) is 0 Å². The average Bonchev–Trinajstić information content (AvgIpc) is 3.24. The molecule has 0 radical (unpaired) electrons. The van der Waals surface area contributed by atoms with Gasteiger partial charge in [-0.05, 0) is 24.0 Å². The Kier molecular flexibility index (Phi) is 6.51. The fourth-order valence-electron chi connectivity index (χ4n) is 4.60. The molecule has 8 nitrogen and oxygen atoms in total. The first-order valence-corrected chi connectivity index (χ1v) is 11.9. The zero-order chi connectivity index (χ0) is 24.2. The highest BCUT2D eigenvalue weighted by atomic mass is 16.1. The smallest absolute Gasteiger partial charge is 0.282 e. The van der Waals surface area contributed by atoms with Crippen molar-refractivity contribution in [1.29, 1.82) is 0 Å². The number of terminal acetylenes is 1. The van der Waals surface area contributed by atoms with Gasteiger partial charge in [-0.3, -0.25) is 13.9 Å². The molecule has 0 amide bonds. The molecule has 35 heavy (non-hydrogen) atoms. The summed E-state index contributed by atoms with van der Waals surface area (Å²) in [6, 6.07) is 20.1. The first-order chi connectivity index (χ1) is 17.1. The molecule has 8 heteroatoms. The Morgan fingerprint density at radius 2 is 1.74 bits per heavy atom. The number of rotatable bonds is 7. The Labute approximate surface area is 204 Å². The van der Waals surface area contributed by atoms with E-state index in [1.807, 2.05) is 65.2 Å². The molecular formula is C27H29N7O. The third kappa shape index (κ3) is 4.77. The fourth-order valence-corrected chi connectivity index (χ4v) is 4.60. The van der Waals surface area contributed by atoms with E-state index < -0.39 is 0 Å². The maximum Gasteiger partial charge on any atom is 0.282 e. The normalized spacial score (nSPS) is 15.8. The van der Waals surface area contributed by atoms with Crippen molar-refractivity contribution in [2.75, 3.05) is 23.3 Å². The molecule has 2 aromatic carbocycles. The second-order valence-electron chi connectivity index (χ2n) is 8.87. The minimum absolute atomic E-state index is 0.0721. The van der Waals surface area contributed by atoms with Gasteiger partial charge in [-0.15, -0.1) is 6.42 Å². The van der Waals surface area contributed by atoms with E-state index in [4.69, 9.17) is 22.1 Å². The first-order valence-electron chi connectivity index (χ1n) is 11.9. The molecule has 3 N–H and O–H groups in total. The van der Waals surface area contributed by atoms with Crippen molar-refractivity contribution in [2.45, 2.75) is 38.5 Å². The molecular weight excluding hydrogens is 438 g/mol. The van der Waals surface area contributed by atoms with E-state index in [1.165, 1.54) is 4.57 Å². The van der Waals surface area contributed by atoms with Gasteiger partial charge in [0.05, 0.1) is 13.1 Å². The molecule has 0 aliphatic carbocycles. The van der Waals surface area contributed by atoms with Crippen molar-refractivity contribution < 1.29 is 0 Å². The second kappa shape index (κ2) is 10.0. The highest BCUT2D eigenvalue weighted by molar-refractivity contribution is 5.76. The second-order valence-corrected chi connectivity index (χ2v) is 8.87. The van der Waals surface area contributed by atoms with E-state index in [9.17, 15) is 4.79 Å². The fraction of sp³-hybridized carbons (Fsp3) is 0.296. The Bertz CT molecular complexity index is 1400. The number of benzene rings is 2. The lowest BCUT2D eigenvalue weighted by molar-refractivity contribution is 0.495. The molecule has 1 fully saturated rings. The number of nitrogens with zero attached hydrogens (tertiary/aromatic N) is 5. The van der Waals surface area contributed by atoms with E-state index in [1.54, 1.807) is 0 Å². The van der Waals surface area contributed by atoms with Gasteiger partial charge < -0.3 is 16.0 Å². The van der Waals surface area contributed by atoms with Crippen LogP contribution in [-0.2, 0) is 19.6 Å². The van der Waals surface area contributed by atoms with Gasteiger partial charge in [0.1, 0.15) is 0 Å². The molecule has 1 aliphatic heterocycles. The summed E-state index contributed by atoms with van der Waals surface area (Å²) in [6.45, 7) is 2.66. The Morgan fingerprint density at radius 3 is 2.43 bits per heavy atom. The van der Waals surface area contributed by atoms with E-state index in [0.29, 0.717) is 36.7 Å². The summed E-state index contributed by atoms with van der Waals surface area (Å²) in [5.41, 5.74) is 9.07. The van der Waals surface area contributed by atoms with Crippen LogP contribution in [0.1, 0.15) is 24.0 Å². The van der Waals surface area contributed by atoms with Crippen LogP contribution in [0.25, 0.3) is 11.2 Å². The summed E-state index contributed by atoms with van der Waals surface area (Å²) in [5, 5.41) is 3.29. The summed E-state index contributed by atoms with van der Waals surface area (Å²) < 4.78 is 3.48. The van der Waals surface area contributed by atoms with Gasteiger partial charge in [0.2, 0.25) is 11.9 Å². The topological polar surface area (TPSA) is 94.0 Å². The summed E-state index contributed by atoms with van der Waals surface area (Å²) in [4.78, 5) is 25.6. The van der Waals surface area contributed by atoms with Crippen molar-refractivity contribution in [1.82, 2.24) is 19.1 Å². The van der Waals surface area contributed by atoms with Gasteiger partial charge >= 0.3 is 0 Å². The Morgan fingerprint density at radius 1 is 1.03 bits per heavy atom. The van der Waals surface area contributed by atoms with Crippen molar-refractivity contribution in [3.63, 3.8) is 0 Å². The SMILES string of the molecule is C#CCn1c(NCc2ccccc2)nc2nc(N3CCCC(N)C3)n(Cc3ccccc3)c2c1=O. The standard InChI is InChI=1S/C27H29N7O/c1-2-15-33-25(35)23-24(30-26(33)29-17-20-10-5-3-6-11-20)31-27(32-16-9-14-22(28)19-32)34(23)18-21-12-7-4-8-13-21/h1,3-8,10-13,22H,9,14-19,28H2,(H,29,30). The van der Waals surface area contributed by atoms with E-state index >= 15 is 0 Å². The molecule has 3 heterocycles. The van der Waals surface area contributed by atoms with Gasteiger partial charge in [-0.2, -0.15) is 9.97 Å². The molecule has 0 bridgehead atoms. The van der Waals surface area contributed by atoms with Crippen LogP contribution in [0, 0.1) is 12.3 Å². The number of nitrogens with one attached hydrogen (secondary N) is 1. The van der Waals surface area contributed by atoms with Gasteiger partial charge in [-0.1, -0.05) is 66.6 Å². The lowest BCUT2D eigenvalue weighted by atomic mass is 10.1. The van der Waals surface area contributed by atoms with Crippen LogP contribution >= 0.6 is 0 Å². The van der Waals surface area contributed by atoms with E-state index in [-0.39, 0.29) is 18.1 Å². The highest BCUT2D eigenvalue weighted by Crippen LogP contribution is 2.25. The number of aromatic nitrogens is 4. The average molecular weight is 468 g/mol. The minimum atomic E-state index is -0.209. The van der Waals surface area contributed by atoms with Crippen molar-refractivity contribution in [3.8, 4) is 12.3 Å². The predicted octanol–water partition coefficient (Wildman–Crippen LogP) is 2.81. The van der Waals surface area contributed by atoms with Crippen LogP contribution in [-0.4, -0.2) is 38.2 Å². The molecule has 0 saturated carbocycles. The monoisotopic (exact) mass is 467 g/mol. The van der Waals surface area contributed by atoms with Crippen LogP contribution in [0.5, 0.6) is 0 Å². The number of piperidine rings is 1. The number of hydrogen-bond donors (Lipinski definition) is 2. The van der Waals surface area contributed by atoms with Crippen molar-refractivity contribution >= 4 is 23.1 Å². The summed E-state index contributed by atoms with van der Waals surface area (Å²) in [5.74, 6) is 3.73. The summed E-state index contributed by atoms with van der Waals surface area (Å²) in [7, 11) is 0. The lowest BCUT2D eigenvalue weighted by Gasteiger charge is -2.31. The van der Waals surface area contributed by atoms with Crippen LogP contribution in [0.15, 0.2) is 65.5 Å².